The molecule has 0 unspecified atom stereocenters. The first kappa shape index (κ1) is 24.4. The van der Waals surface area contributed by atoms with Crippen LogP contribution in [-0.2, 0) is 26.0 Å². The maximum absolute atomic E-state index is 12.6. The van der Waals surface area contributed by atoms with Gasteiger partial charge >= 0.3 is 0 Å². The molecule has 2 aromatic carbocycles. The third-order valence-electron chi connectivity index (χ3n) is 4.40. The molecular weight excluding hydrogens is 418 g/mol. The van der Waals surface area contributed by atoms with Crippen molar-refractivity contribution in [2.24, 2.45) is 5.92 Å². The SMILES string of the molecule is CC(C)C(=O)Nc1ccc(S(=O)(=O)Nc2ccc(CC(=O)NC(C)(C)CO)cc2)cc1. The Balaban J connectivity index is 2.02. The van der Waals surface area contributed by atoms with Gasteiger partial charge in [0.1, 0.15) is 0 Å². The van der Waals surface area contributed by atoms with Crippen LogP contribution in [0.3, 0.4) is 0 Å². The van der Waals surface area contributed by atoms with Gasteiger partial charge < -0.3 is 15.7 Å². The molecule has 0 saturated heterocycles. The number of amides is 2. The van der Waals surface area contributed by atoms with Crippen LogP contribution in [0.4, 0.5) is 11.4 Å². The highest BCUT2D eigenvalue weighted by Crippen LogP contribution is 2.19. The summed E-state index contributed by atoms with van der Waals surface area (Å²) in [4.78, 5) is 23.9. The molecule has 0 spiro atoms. The van der Waals surface area contributed by atoms with E-state index in [2.05, 4.69) is 15.4 Å². The van der Waals surface area contributed by atoms with Gasteiger partial charge in [-0.1, -0.05) is 26.0 Å². The summed E-state index contributed by atoms with van der Waals surface area (Å²) in [6.45, 7) is 6.79. The maximum Gasteiger partial charge on any atom is 0.261 e. The van der Waals surface area contributed by atoms with Crippen LogP contribution in [0.1, 0.15) is 33.3 Å². The Morgan fingerprint density at radius 1 is 0.968 bits per heavy atom. The molecule has 9 heteroatoms. The molecule has 0 radical (unpaired) electrons. The molecule has 0 atom stereocenters. The first-order valence-corrected chi connectivity index (χ1v) is 11.3. The van der Waals surface area contributed by atoms with E-state index in [-0.39, 0.29) is 35.7 Å². The molecule has 0 fully saturated rings. The van der Waals surface area contributed by atoms with Crippen molar-refractivity contribution in [1.82, 2.24) is 5.32 Å². The van der Waals surface area contributed by atoms with Gasteiger partial charge in [0.15, 0.2) is 0 Å². The highest BCUT2D eigenvalue weighted by atomic mass is 32.2. The van der Waals surface area contributed by atoms with Gasteiger partial charge in [-0.2, -0.15) is 0 Å². The Labute approximate surface area is 183 Å². The molecule has 31 heavy (non-hydrogen) atoms. The van der Waals surface area contributed by atoms with Crippen LogP contribution in [0.25, 0.3) is 0 Å². The Hall–Kier alpha value is -2.91. The third-order valence-corrected chi connectivity index (χ3v) is 5.80. The number of hydrogen-bond acceptors (Lipinski definition) is 5. The summed E-state index contributed by atoms with van der Waals surface area (Å²) < 4.78 is 27.7. The van der Waals surface area contributed by atoms with Crippen LogP contribution in [0.5, 0.6) is 0 Å². The van der Waals surface area contributed by atoms with Crippen molar-refractivity contribution in [3.8, 4) is 0 Å². The van der Waals surface area contributed by atoms with E-state index in [9.17, 15) is 23.1 Å². The number of sulfonamides is 1. The zero-order valence-corrected chi connectivity index (χ0v) is 18.9. The lowest BCUT2D eigenvalue weighted by Gasteiger charge is -2.23. The van der Waals surface area contributed by atoms with E-state index in [4.69, 9.17) is 0 Å². The first-order chi connectivity index (χ1) is 14.4. The molecule has 2 rings (SSSR count). The topological polar surface area (TPSA) is 125 Å². The predicted octanol–water partition coefficient (Wildman–Crippen LogP) is 2.51. The molecule has 168 valence electrons. The molecule has 0 saturated carbocycles. The zero-order chi connectivity index (χ0) is 23.2. The van der Waals surface area contributed by atoms with Gasteiger partial charge in [0.25, 0.3) is 10.0 Å². The quantitative estimate of drug-likeness (QED) is 0.470. The van der Waals surface area contributed by atoms with E-state index < -0.39 is 15.6 Å². The molecule has 0 aliphatic carbocycles. The van der Waals surface area contributed by atoms with Crippen LogP contribution in [0.2, 0.25) is 0 Å². The van der Waals surface area contributed by atoms with E-state index in [1.807, 2.05) is 0 Å². The number of nitrogens with one attached hydrogen (secondary N) is 3. The molecule has 2 amide bonds. The number of carbonyl (C=O) groups excluding carboxylic acids is 2. The van der Waals surface area contributed by atoms with Gasteiger partial charge in [0.2, 0.25) is 11.8 Å². The molecule has 0 aliphatic heterocycles. The minimum absolute atomic E-state index is 0.0599. The number of aliphatic hydroxyl groups excluding tert-OH is 1. The summed E-state index contributed by atoms with van der Waals surface area (Å²) in [5.74, 6) is -0.570. The van der Waals surface area contributed by atoms with Crippen molar-refractivity contribution in [2.45, 2.75) is 44.6 Å². The largest absolute Gasteiger partial charge is 0.394 e. The van der Waals surface area contributed by atoms with E-state index in [1.54, 1.807) is 52.0 Å². The second kappa shape index (κ2) is 9.93. The minimum atomic E-state index is -3.81. The molecule has 0 heterocycles. The van der Waals surface area contributed by atoms with Crippen LogP contribution >= 0.6 is 0 Å². The zero-order valence-electron chi connectivity index (χ0n) is 18.1. The summed E-state index contributed by atoms with van der Waals surface area (Å²) >= 11 is 0. The molecule has 0 bridgehead atoms. The lowest BCUT2D eigenvalue weighted by molar-refractivity contribution is -0.122. The van der Waals surface area contributed by atoms with Crippen molar-refractivity contribution in [3.05, 3.63) is 54.1 Å². The highest BCUT2D eigenvalue weighted by molar-refractivity contribution is 7.92. The first-order valence-electron chi connectivity index (χ1n) is 9.86. The van der Waals surface area contributed by atoms with Crippen molar-refractivity contribution in [1.29, 1.82) is 0 Å². The normalized spacial score (nSPS) is 11.8. The monoisotopic (exact) mass is 447 g/mol. The molecule has 2 aromatic rings. The average Bonchev–Trinajstić information content (AvgIpc) is 2.69. The molecule has 4 N–H and O–H groups in total. The smallest absolute Gasteiger partial charge is 0.261 e. The fourth-order valence-corrected chi connectivity index (χ4v) is 3.61. The summed E-state index contributed by atoms with van der Waals surface area (Å²) in [5.41, 5.74) is 0.876. The van der Waals surface area contributed by atoms with Crippen LogP contribution in [-0.4, -0.2) is 37.5 Å². The fourth-order valence-electron chi connectivity index (χ4n) is 2.56. The minimum Gasteiger partial charge on any atom is -0.394 e. The Morgan fingerprint density at radius 2 is 1.52 bits per heavy atom. The average molecular weight is 448 g/mol. The van der Waals surface area contributed by atoms with Gasteiger partial charge in [-0.15, -0.1) is 0 Å². The van der Waals surface area contributed by atoms with Gasteiger partial charge in [0.05, 0.1) is 23.5 Å². The number of hydrogen-bond donors (Lipinski definition) is 4. The predicted molar refractivity (Wildman–Crippen MR) is 120 cm³/mol. The lowest BCUT2D eigenvalue weighted by Crippen LogP contribution is -2.46. The Bertz CT molecular complexity index is 1010. The number of anilines is 2. The van der Waals surface area contributed by atoms with Crippen molar-refractivity contribution >= 4 is 33.2 Å². The van der Waals surface area contributed by atoms with E-state index in [0.717, 1.165) is 0 Å². The van der Waals surface area contributed by atoms with Gasteiger partial charge in [0, 0.05) is 17.3 Å². The van der Waals surface area contributed by atoms with Crippen molar-refractivity contribution in [2.75, 3.05) is 16.6 Å². The van der Waals surface area contributed by atoms with Crippen LogP contribution in [0.15, 0.2) is 53.4 Å². The summed E-state index contributed by atoms with van der Waals surface area (Å²) in [7, 11) is -3.81. The summed E-state index contributed by atoms with van der Waals surface area (Å²) in [5, 5.41) is 14.7. The molecular formula is C22H29N3O5S. The van der Waals surface area contributed by atoms with Crippen molar-refractivity contribution < 1.29 is 23.1 Å². The highest BCUT2D eigenvalue weighted by Gasteiger charge is 2.19. The number of carbonyl (C=O) groups is 2. The number of rotatable bonds is 9. The van der Waals surface area contributed by atoms with Gasteiger partial charge in [-0.25, -0.2) is 8.42 Å². The molecule has 0 aliphatic rings. The van der Waals surface area contributed by atoms with Crippen molar-refractivity contribution in [3.63, 3.8) is 0 Å². The van der Waals surface area contributed by atoms with E-state index in [0.29, 0.717) is 16.9 Å². The van der Waals surface area contributed by atoms with E-state index >= 15 is 0 Å². The number of benzene rings is 2. The number of aliphatic hydroxyl groups is 1. The maximum atomic E-state index is 12.6. The Kier molecular flexibility index (Phi) is 7.80. The summed E-state index contributed by atoms with van der Waals surface area (Å²) in [6.07, 6.45) is 0.111. The third kappa shape index (κ3) is 7.37. The fraction of sp³-hybridized carbons (Fsp3) is 0.364. The van der Waals surface area contributed by atoms with E-state index in [1.165, 1.54) is 24.3 Å². The molecule has 8 nitrogen and oxygen atoms in total. The molecule has 0 aromatic heterocycles. The van der Waals surface area contributed by atoms with Crippen LogP contribution in [0, 0.1) is 5.92 Å². The standard InChI is InChI=1S/C22H29N3O5S/c1-15(2)21(28)23-17-9-11-19(12-10-17)31(29,30)25-18-7-5-16(6-8-18)13-20(27)24-22(3,4)14-26/h5-12,15,25-26H,13-14H2,1-4H3,(H,23,28)(H,24,27). The second-order valence-electron chi connectivity index (χ2n) is 8.24. The second-order valence-corrected chi connectivity index (χ2v) is 9.92. The lowest BCUT2D eigenvalue weighted by atomic mass is 10.1. The van der Waals surface area contributed by atoms with Crippen LogP contribution < -0.4 is 15.4 Å². The Morgan fingerprint density at radius 3 is 2.03 bits per heavy atom. The summed E-state index contributed by atoms with van der Waals surface area (Å²) in [6, 6.07) is 12.4. The van der Waals surface area contributed by atoms with Gasteiger partial charge in [-0.3, -0.25) is 14.3 Å². The van der Waals surface area contributed by atoms with Gasteiger partial charge in [-0.05, 0) is 55.8 Å².